The molecular formula is C23H23N5O6. The number of pyridine rings is 1. The van der Waals surface area contributed by atoms with Crippen molar-refractivity contribution in [2.24, 2.45) is 0 Å². The van der Waals surface area contributed by atoms with Crippen molar-refractivity contribution < 1.29 is 14.3 Å². The van der Waals surface area contributed by atoms with Crippen LogP contribution in [0.15, 0.2) is 63.3 Å². The van der Waals surface area contributed by atoms with Gasteiger partial charge in [-0.2, -0.15) is 0 Å². The maximum Gasteiger partial charge on any atom is 0.346 e. The normalized spacial score (nSPS) is 11.9. The number of carbonyl (C=O) groups excluding carboxylic acids is 1. The highest BCUT2D eigenvalue weighted by Crippen LogP contribution is 2.17. The van der Waals surface area contributed by atoms with E-state index in [0.717, 1.165) is 5.56 Å². The van der Waals surface area contributed by atoms with Gasteiger partial charge in [0.2, 0.25) is 0 Å². The van der Waals surface area contributed by atoms with Crippen LogP contribution in [0.3, 0.4) is 0 Å². The number of hydrogen-bond donors (Lipinski definition) is 2. The predicted octanol–water partition coefficient (Wildman–Crippen LogP) is 1.14. The lowest BCUT2D eigenvalue weighted by molar-refractivity contribution is -0.147. The molecule has 1 atom stereocenters. The Kier molecular flexibility index (Phi) is 6.44. The Labute approximate surface area is 192 Å². The second-order valence-corrected chi connectivity index (χ2v) is 7.67. The van der Waals surface area contributed by atoms with Crippen molar-refractivity contribution in [3.63, 3.8) is 0 Å². The molecule has 176 valence electrons. The van der Waals surface area contributed by atoms with E-state index in [1.165, 1.54) is 19.5 Å². The highest BCUT2D eigenvalue weighted by Gasteiger charge is 2.15. The van der Waals surface area contributed by atoms with Crippen LogP contribution in [0.4, 0.5) is 0 Å². The molecular weight excluding hydrogens is 442 g/mol. The van der Waals surface area contributed by atoms with E-state index in [9.17, 15) is 19.2 Å². The van der Waals surface area contributed by atoms with E-state index in [-0.39, 0.29) is 16.7 Å². The van der Waals surface area contributed by atoms with Gasteiger partial charge in [0.15, 0.2) is 17.3 Å². The molecule has 1 aromatic carbocycles. The van der Waals surface area contributed by atoms with Gasteiger partial charge in [0, 0.05) is 18.8 Å². The van der Waals surface area contributed by atoms with Crippen LogP contribution < -0.4 is 21.5 Å². The van der Waals surface area contributed by atoms with Gasteiger partial charge in [-0.1, -0.05) is 12.1 Å². The lowest BCUT2D eigenvalue weighted by atomic mass is 10.1. The number of aryl methyl sites for hydroxylation is 2. The number of ether oxygens (including phenoxy) is 2. The molecule has 4 rings (SSSR count). The number of aromatic nitrogens is 5. The van der Waals surface area contributed by atoms with E-state index in [2.05, 4.69) is 19.7 Å². The smallest absolute Gasteiger partial charge is 0.346 e. The van der Waals surface area contributed by atoms with Gasteiger partial charge in [0.25, 0.3) is 11.1 Å². The lowest BCUT2D eigenvalue weighted by Gasteiger charge is -2.13. The van der Waals surface area contributed by atoms with E-state index in [0.29, 0.717) is 30.8 Å². The zero-order valence-corrected chi connectivity index (χ0v) is 18.6. The number of benzene rings is 1. The molecule has 0 spiro atoms. The molecule has 4 aromatic rings. The molecule has 0 unspecified atom stereocenters. The standard InChI is InChI=1S/C23H23N5O6/c1-14(22(31)33-2)34-17-7-3-5-15(11-17)6-4-10-27-12-16(8-9-18(27)29)28-13-24-19-20(28)25-23(32)26-21(19)30/h3,5,7-9,11-14H,4,6,10H2,1-2H3,(H2,25,26,30,32)/t14-/m0/s1. The molecule has 0 bridgehead atoms. The topological polar surface area (TPSA) is 141 Å². The summed E-state index contributed by atoms with van der Waals surface area (Å²) in [7, 11) is 1.31. The number of carbonyl (C=O) groups is 1. The minimum Gasteiger partial charge on any atom is -0.479 e. The minimum absolute atomic E-state index is 0.0981. The minimum atomic E-state index is -0.716. The van der Waals surface area contributed by atoms with Crippen LogP contribution in [0.1, 0.15) is 18.9 Å². The van der Waals surface area contributed by atoms with Crippen molar-refractivity contribution in [1.82, 2.24) is 24.1 Å². The number of methoxy groups -OCH3 is 1. The number of hydrogen-bond acceptors (Lipinski definition) is 7. The summed E-state index contributed by atoms with van der Waals surface area (Å²) in [4.78, 5) is 56.3. The number of H-pyrrole nitrogens is 2. The molecule has 3 heterocycles. The third kappa shape index (κ3) is 4.82. The second-order valence-electron chi connectivity index (χ2n) is 7.67. The molecule has 0 saturated carbocycles. The average molecular weight is 465 g/mol. The first-order valence-electron chi connectivity index (χ1n) is 10.6. The Hall–Kier alpha value is -4.41. The van der Waals surface area contributed by atoms with Gasteiger partial charge in [-0.15, -0.1) is 0 Å². The number of fused-ring (bicyclic) bond motifs is 1. The molecule has 0 aliphatic heterocycles. The van der Waals surface area contributed by atoms with Gasteiger partial charge in [0.05, 0.1) is 12.8 Å². The van der Waals surface area contributed by atoms with Crippen molar-refractivity contribution in [2.45, 2.75) is 32.4 Å². The summed E-state index contributed by atoms with van der Waals surface area (Å²) in [5.41, 5.74) is 0.519. The molecule has 34 heavy (non-hydrogen) atoms. The molecule has 0 radical (unpaired) electrons. The van der Waals surface area contributed by atoms with Gasteiger partial charge in [0.1, 0.15) is 12.1 Å². The van der Waals surface area contributed by atoms with Crippen LogP contribution in [-0.2, 0) is 22.5 Å². The fourth-order valence-electron chi connectivity index (χ4n) is 3.61. The van der Waals surface area contributed by atoms with Crippen LogP contribution in [0.2, 0.25) is 0 Å². The first-order chi connectivity index (χ1) is 16.4. The molecule has 2 N–H and O–H groups in total. The Bertz CT molecular complexity index is 1510. The van der Waals surface area contributed by atoms with Crippen LogP contribution in [-0.4, -0.2) is 43.3 Å². The summed E-state index contributed by atoms with van der Waals surface area (Å²) >= 11 is 0. The third-order valence-corrected chi connectivity index (χ3v) is 5.30. The number of nitrogens with one attached hydrogen (secondary N) is 2. The van der Waals surface area contributed by atoms with Crippen LogP contribution in [0.5, 0.6) is 5.75 Å². The average Bonchev–Trinajstić information content (AvgIpc) is 3.24. The highest BCUT2D eigenvalue weighted by atomic mass is 16.6. The Morgan fingerprint density at radius 3 is 2.76 bits per heavy atom. The number of nitrogens with zero attached hydrogens (tertiary/aromatic N) is 3. The van der Waals surface area contributed by atoms with E-state index < -0.39 is 23.3 Å². The van der Waals surface area contributed by atoms with Crippen molar-refractivity contribution in [2.75, 3.05) is 7.11 Å². The Balaban J connectivity index is 1.48. The maximum atomic E-state index is 12.4. The summed E-state index contributed by atoms with van der Waals surface area (Å²) < 4.78 is 13.4. The molecule has 11 heteroatoms. The third-order valence-electron chi connectivity index (χ3n) is 5.30. The number of aromatic amines is 2. The molecule has 3 aromatic heterocycles. The second kappa shape index (κ2) is 9.61. The summed E-state index contributed by atoms with van der Waals surface area (Å²) in [6, 6.07) is 10.4. The number of rotatable bonds is 8. The zero-order chi connectivity index (χ0) is 24.2. The van der Waals surface area contributed by atoms with Crippen molar-refractivity contribution in [1.29, 1.82) is 0 Å². The summed E-state index contributed by atoms with van der Waals surface area (Å²) in [6.45, 7) is 2.06. The monoisotopic (exact) mass is 465 g/mol. The predicted molar refractivity (Wildman–Crippen MR) is 123 cm³/mol. The van der Waals surface area contributed by atoms with Gasteiger partial charge in [-0.25, -0.2) is 14.6 Å². The van der Waals surface area contributed by atoms with Gasteiger partial charge >= 0.3 is 11.7 Å². The Morgan fingerprint density at radius 1 is 1.15 bits per heavy atom. The number of esters is 1. The maximum absolute atomic E-state index is 12.4. The molecule has 0 amide bonds. The first-order valence-corrected chi connectivity index (χ1v) is 10.6. The van der Waals surface area contributed by atoms with Crippen molar-refractivity contribution in [3.05, 3.63) is 85.7 Å². The van der Waals surface area contributed by atoms with E-state index >= 15 is 0 Å². The molecule has 11 nitrogen and oxygen atoms in total. The number of imidazole rings is 1. The highest BCUT2D eigenvalue weighted by molar-refractivity contribution is 5.74. The van der Waals surface area contributed by atoms with Crippen molar-refractivity contribution >= 4 is 17.1 Å². The largest absolute Gasteiger partial charge is 0.479 e. The van der Waals surface area contributed by atoms with Crippen LogP contribution in [0.25, 0.3) is 16.9 Å². The van der Waals surface area contributed by atoms with E-state index in [1.807, 2.05) is 18.2 Å². The quantitative estimate of drug-likeness (QED) is 0.372. The fourth-order valence-corrected chi connectivity index (χ4v) is 3.61. The molecule has 0 fully saturated rings. The van der Waals surface area contributed by atoms with E-state index in [1.54, 1.807) is 34.4 Å². The first kappa shape index (κ1) is 22.8. The van der Waals surface area contributed by atoms with Gasteiger partial charge in [-0.05, 0) is 43.5 Å². The van der Waals surface area contributed by atoms with Crippen LogP contribution in [0, 0.1) is 0 Å². The van der Waals surface area contributed by atoms with Crippen molar-refractivity contribution in [3.8, 4) is 11.4 Å². The van der Waals surface area contributed by atoms with Gasteiger partial charge < -0.3 is 14.0 Å². The summed E-state index contributed by atoms with van der Waals surface area (Å²) in [5.74, 6) is 0.106. The fraction of sp³-hybridized carbons (Fsp3) is 0.261. The van der Waals surface area contributed by atoms with Gasteiger partial charge in [-0.3, -0.25) is 24.1 Å². The molecule has 0 saturated heterocycles. The van der Waals surface area contributed by atoms with E-state index in [4.69, 9.17) is 4.74 Å². The SMILES string of the molecule is COC(=O)[C@H](C)Oc1cccc(CCCn2cc(-n3cnc4c(=O)[nH]c(=O)[nH]c43)ccc2=O)c1. The lowest BCUT2D eigenvalue weighted by Crippen LogP contribution is -2.24. The molecule has 0 aliphatic carbocycles. The zero-order valence-electron chi connectivity index (χ0n) is 18.6. The van der Waals surface area contributed by atoms with Crippen LogP contribution >= 0.6 is 0 Å². The summed E-state index contributed by atoms with van der Waals surface area (Å²) in [6.07, 6.45) is 3.70. The summed E-state index contributed by atoms with van der Waals surface area (Å²) in [5, 5.41) is 0. The Morgan fingerprint density at radius 2 is 1.97 bits per heavy atom. The molecule has 0 aliphatic rings.